The summed E-state index contributed by atoms with van der Waals surface area (Å²) in [5.74, 6) is -1.59. The number of nitrogens with one attached hydrogen (secondary N) is 3. The maximum Gasteiger partial charge on any atom is 0.335 e. The second kappa shape index (κ2) is 13.9. The second-order valence-electron chi connectivity index (χ2n) is 8.92. The van der Waals surface area contributed by atoms with Gasteiger partial charge in [-0.15, -0.1) is 0 Å². The summed E-state index contributed by atoms with van der Waals surface area (Å²) in [5, 5.41) is 14.8. The summed E-state index contributed by atoms with van der Waals surface area (Å²) in [5.41, 5.74) is 4.26. The van der Waals surface area contributed by atoms with Gasteiger partial charge in [-0.1, -0.05) is 53.2 Å². The van der Waals surface area contributed by atoms with Crippen LogP contribution in [0.15, 0.2) is 100 Å². The third kappa shape index (κ3) is 8.05. The van der Waals surface area contributed by atoms with Crippen LogP contribution in [-0.2, 0) is 12.8 Å². The number of carboxylic acids is 1. The minimum atomic E-state index is -0.939. The summed E-state index contributed by atoms with van der Waals surface area (Å²) in [4.78, 5) is 38.1. The Labute approximate surface area is 245 Å². The minimum absolute atomic E-state index is 0.269. The number of carboxylic acid groups (broad SMARTS) is 1. The predicted molar refractivity (Wildman–Crippen MR) is 163 cm³/mol. The van der Waals surface area contributed by atoms with Crippen LogP contribution in [0.4, 0.5) is 11.4 Å². The fourth-order valence-electron chi connectivity index (χ4n) is 3.92. The number of benzene rings is 4. The van der Waals surface area contributed by atoms with E-state index in [-0.39, 0.29) is 17.4 Å². The van der Waals surface area contributed by atoms with Crippen molar-refractivity contribution in [2.45, 2.75) is 24.7 Å². The van der Waals surface area contributed by atoms with Gasteiger partial charge in [0, 0.05) is 27.2 Å². The van der Waals surface area contributed by atoms with E-state index >= 15 is 0 Å². The lowest BCUT2D eigenvalue weighted by molar-refractivity contribution is 0.0696. The Bertz CT molecular complexity index is 1510. The minimum Gasteiger partial charge on any atom is -0.478 e. The molecule has 0 aliphatic carbocycles. The molecule has 0 heterocycles. The Hall–Kier alpha value is -3.92. The normalized spacial score (nSPS) is 10.7. The van der Waals surface area contributed by atoms with Gasteiger partial charge in [-0.25, -0.2) is 4.79 Å². The van der Waals surface area contributed by atoms with Crippen LogP contribution in [0, 0.1) is 0 Å². The Morgan fingerprint density at radius 2 is 1.45 bits per heavy atom. The fraction of sp³-hybridized carbons (Fsp3) is 0.129. The Balaban J connectivity index is 1.40. The molecule has 0 saturated carbocycles. The third-order valence-electron chi connectivity index (χ3n) is 6.02. The average Bonchev–Trinajstić information content (AvgIpc) is 2.96. The van der Waals surface area contributed by atoms with E-state index < -0.39 is 5.97 Å². The number of carbonyl (C=O) groups is 3. The van der Waals surface area contributed by atoms with Crippen molar-refractivity contribution < 1.29 is 19.5 Å². The molecule has 0 atom stereocenters. The fourth-order valence-corrected chi connectivity index (χ4v) is 4.93. The van der Waals surface area contributed by atoms with Crippen molar-refractivity contribution in [3.05, 3.63) is 123 Å². The van der Waals surface area contributed by atoms with Gasteiger partial charge in [0.15, 0.2) is 0 Å². The van der Waals surface area contributed by atoms with Gasteiger partial charge in [-0.3, -0.25) is 14.3 Å². The van der Waals surface area contributed by atoms with Gasteiger partial charge < -0.3 is 15.7 Å². The predicted octanol–water partition coefficient (Wildman–Crippen LogP) is 7.05. The number of halogens is 1. The van der Waals surface area contributed by atoms with E-state index in [2.05, 4.69) is 31.3 Å². The van der Waals surface area contributed by atoms with Crippen LogP contribution in [0.5, 0.6) is 0 Å². The molecule has 0 saturated heterocycles. The van der Waals surface area contributed by atoms with Crippen molar-refractivity contribution in [2.75, 3.05) is 17.2 Å². The molecule has 4 aromatic carbocycles. The van der Waals surface area contributed by atoms with Gasteiger partial charge in [-0.05, 0) is 96.6 Å². The number of amides is 2. The molecular formula is C31H28BrN3O4S. The first-order valence-electron chi connectivity index (χ1n) is 12.7. The SMILES string of the molecule is CCNSc1cccc(C(=O)Nc2cc(Br)ccc2C(=O)Nc2ccc(CCc3ccc(C(=O)O)cc3)cc2)c1. The van der Waals surface area contributed by atoms with Crippen molar-refractivity contribution in [3.8, 4) is 0 Å². The monoisotopic (exact) mass is 617 g/mol. The molecule has 4 aromatic rings. The summed E-state index contributed by atoms with van der Waals surface area (Å²) in [7, 11) is 0. The molecule has 7 nitrogen and oxygen atoms in total. The molecule has 0 spiro atoms. The summed E-state index contributed by atoms with van der Waals surface area (Å²) in [6, 6.07) is 26.8. The molecule has 0 radical (unpaired) electrons. The molecule has 2 amide bonds. The molecule has 4 rings (SSSR count). The first kappa shape index (κ1) is 29.1. The number of hydrogen-bond donors (Lipinski definition) is 4. The van der Waals surface area contributed by atoms with E-state index in [1.54, 1.807) is 42.5 Å². The van der Waals surface area contributed by atoms with Crippen LogP contribution < -0.4 is 15.4 Å². The first-order chi connectivity index (χ1) is 19.3. The Kier molecular flexibility index (Phi) is 10.1. The molecule has 4 N–H and O–H groups in total. The lowest BCUT2D eigenvalue weighted by Gasteiger charge is -2.13. The van der Waals surface area contributed by atoms with Crippen LogP contribution >= 0.6 is 27.9 Å². The van der Waals surface area contributed by atoms with Gasteiger partial charge in [0.05, 0.1) is 16.8 Å². The summed E-state index contributed by atoms with van der Waals surface area (Å²) >= 11 is 4.88. The number of anilines is 2. The van der Waals surface area contributed by atoms with Gasteiger partial charge in [0.2, 0.25) is 0 Å². The highest BCUT2D eigenvalue weighted by Gasteiger charge is 2.16. The van der Waals surface area contributed by atoms with Crippen molar-refractivity contribution in [1.82, 2.24) is 4.72 Å². The number of carbonyl (C=O) groups excluding carboxylic acids is 2. The second-order valence-corrected chi connectivity index (χ2v) is 10.8. The molecule has 0 aliphatic rings. The van der Waals surface area contributed by atoms with Crippen molar-refractivity contribution >= 4 is 57.0 Å². The Morgan fingerprint density at radius 1 is 0.775 bits per heavy atom. The van der Waals surface area contributed by atoms with E-state index in [0.717, 1.165) is 39.9 Å². The lowest BCUT2D eigenvalue weighted by atomic mass is 10.0. The maximum absolute atomic E-state index is 13.2. The molecule has 0 aliphatic heterocycles. The molecule has 40 heavy (non-hydrogen) atoms. The molecule has 0 bridgehead atoms. The van der Waals surface area contributed by atoms with Crippen LogP contribution in [0.3, 0.4) is 0 Å². The van der Waals surface area contributed by atoms with Crippen molar-refractivity contribution in [1.29, 1.82) is 0 Å². The van der Waals surface area contributed by atoms with Crippen LogP contribution in [0.25, 0.3) is 0 Å². The first-order valence-corrected chi connectivity index (χ1v) is 14.3. The molecule has 204 valence electrons. The van der Waals surface area contributed by atoms with E-state index in [9.17, 15) is 14.4 Å². The summed E-state index contributed by atoms with van der Waals surface area (Å²) in [6.07, 6.45) is 1.54. The number of hydrogen-bond acceptors (Lipinski definition) is 5. The average molecular weight is 619 g/mol. The Morgan fingerprint density at radius 3 is 2.10 bits per heavy atom. The lowest BCUT2D eigenvalue weighted by Crippen LogP contribution is -2.18. The summed E-state index contributed by atoms with van der Waals surface area (Å²) < 4.78 is 3.90. The van der Waals surface area contributed by atoms with Crippen molar-refractivity contribution in [2.24, 2.45) is 0 Å². The number of rotatable bonds is 11. The molecular weight excluding hydrogens is 590 g/mol. The highest BCUT2D eigenvalue weighted by molar-refractivity contribution is 9.10. The van der Waals surface area contributed by atoms with Crippen molar-refractivity contribution in [3.63, 3.8) is 0 Å². The number of aryl methyl sites for hydroxylation is 2. The molecule has 0 fully saturated rings. The topological polar surface area (TPSA) is 108 Å². The molecule has 0 aromatic heterocycles. The van der Waals surface area contributed by atoms with E-state index in [1.807, 2.05) is 55.5 Å². The summed E-state index contributed by atoms with van der Waals surface area (Å²) in [6.45, 7) is 2.80. The van der Waals surface area contributed by atoms with E-state index in [4.69, 9.17) is 5.11 Å². The largest absolute Gasteiger partial charge is 0.478 e. The van der Waals surface area contributed by atoms with E-state index in [1.165, 1.54) is 11.9 Å². The molecule has 9 heteroatoms. The number of aromatic carboxylic acids is 1. The van der Waals surface area contributed by atoms with Gasteiger partial charge in [0.1, 0.15) is 0 Å². The zero-order valence-corrected chi connectivity index (χ0v) is 24.1. The van der Waals surface area contributed by atoms with Gasteiger partial charge in [-0.2, -0.15) is 0 Å². The highest BCUT2D eigenvalue weighted by Crippen LogP contribution is 2.25. The van der Waals surface area contributed by atoms with Crippen LogP contribution in [0.2, 0.25) is 0 Å². The maximum atomic E-state index is 13.2. The standard InChI is InChI=1S/C31H28BrN3O4S/c1-2-33-40-26-5-3-4-23(18-26)29(36)35-28-19-24(32)14-17-27(28)30(37)34-25-15-10-21(11-16-25)7-6-20-8-12-22(13-9-20)31(38)39/h3-5,8-19,33H,2,6-7H2,1H3,(H,34,37)(H,35,36)(H,38,39). The molecule has 0 unspecified atom stereocenters. The van der Waals surface area contributed by atoms with Gasteiger partial charge >= 0.3 is 5.97 Å². The van der Waals surface area contributed by atoms with Gasteiger partial charge in [0.25, 0.3) is 11.8 Å². The van der Waals surface area contributed by atoms with Crippen LogP contribution in [0.1, 0.15) is 49.1 Å². The zero-order valence-electron chi connectivity index (χ0n) is 21.7. The third-order valence-corrected chi connectivity index (χ3v) is 7.44. The van der Waals surface area contributed by atoms with E-state index in [0.29, 0.717) is 22.5 Å². The quantitative estimate of drug-likeness (QED) is 0.134. The zero-order chi connectivity index (χ0) is 28.5. The smallest absolute Gasteiger partial charge is 0.335 e. The van der Waals surface area contributed by atoms with Crippen LogP contribution in [-0.4, -0.2) is 29.4 Å². The highest BCUT2D eigenvalue weighted by atomic mass is 79.9.